The quantitative estimate of drug-likeness (QED) is 0.189. The summed E-state index contributed by atoms with van der Waals surface area (Å²) in [5, 5.41) is 0. The van der Waals surface area contributed by atoms with Crippen molar-refractivity contribution in [3.8, 4) is 22.3 Å². The number of pyridine rings is 4. The molecular formula is C26H28Br2N4. The van der Waals surface area contributed by atoms with Crippen molar-refractivity contribution in [1.82, 2.24) is 9.97 Å². The summed E-state index contributed by atoms with van der Waals surface area (Å²) in [6.45, 7) is 2.15. The molecule has 0 spiro atoms. The minimum Gasteiger partial charge on any atom is -1.00 e. The first-order valence-electron chi connectivity index (χ1n) is 10.7. The molecule has 0 unspecified atom stereocenters. The van der Waals surface area contributed by atoms with E-state index in [-0.39, 0.29) is 34.0 Å². The molecule has 4 nitrogen and oxygen atoms in total. The Kier molecular flexibility index (Phi) is 11.2. The number of nitrogens with zero attached hydrogens (tertiary/aromatic N) is 4. The lowest BCUT2D eigenvalue weighted by Crippen LogP contribution is -3.00. The van der Waals surface area contributed by atoms with E-state index >= 15 is 0 Å². The Morgan fingerprint density at radius 1 is 0.438 bits per heavy atom. The van der Waals surface area contributed by atoms with Crippen molar-refractivity contribution in [3.05, 3.63) is 98.1 Å². The molecule has 0 atom stereocenters. The van der Waals surface area contributed by atoms with E-state index in [9.17, 15) is 0 Å². The van der Waals surface area contributed by atoms with Crippen LogP contribution in [0.4, 0.5) is 0 Å². The molecule has 0 aromatic carbocycles. The minimum absolute atomic E-state index is 0. The Labute approximate surface area is 211 Å². The van der Waals surface area contributed by atoms with E-state index in [1.165, 1.54) is 47.9 Å². The van der Waals surface area contributed by atoms with Gasteiger partial charge in [0.05, 0.1) is 0 Å². The van der Waals surface area contributed by atoms with Crippen LogP contribution in [-0.2, 0) is 13.1 Å². The van der Waals surface area contributed by atoms with Crippen LogP contribution in [0.2, 0.25) is 0 Å². The maximum Gasteiger partial charge on any atom is 0.169 e. The third-order valence-corrected chi connectivity index (χ3v) is 5.39. The molecule has 166 valence electrons. The van der Waals surface area contributed by atoms with E-state index in [0.29, 0.717) is 0 Å². The van der Waals surface area contributed by atoms with Crippen molar-refractivity contribution in [3.63, 3.8) is 0 Å². The highest BCUT2D eigenvalue weighted by Crippen LogP contribution is 2.16. The van der Waals surface area contributed by atoms with E-state index in [1.54, 1.807) is 0 Å². The summed E-state index contributed by atoms with van der Waals surface area (Å²) in [4.78, 5) is 8.16. The number of aryl methyl sites for hydroxylation is 2. The molecule has 32 heavy (non-hydrogen) atoms. The van der Waals surface area contributed by atoms with Crippen LogP contribution in [0, 0.1) is 0 Å². The molecule has 4 aromatic heterocycles. The SMILES string of the molecule is [Br-].[Br-].c1cc(-c2cc[n+](CCCCCC[n+]3ccc(-c4ccncc4)cc3)cc2)ccn1. The molecule has 4 rings (SSSR count). The molecule has 0 bridgehead atoms. The lowest BCUT2D eigenvalue weighted by Gasteiger charge is -2.02. The molecule has 0 radical (unpaired) electrons. The second kappa shape index (κ2) is 13.9. The Bertz CT molecular complexity index is 938. The van der Waals surface area contributed by atoms with Crippen molar-refractivity contribution in [2.75, 3.05) is 0 Å². The highest BCUT2D eigenvalue weighted by atomic mass is 79.9. The molecule has 0 N–H and O–H groups in total. The Balaban J connectivity index is 0.00000181. The minimum atomic E-state index is 0. The summed E-state index contributed by atoms with van der Waals surface area (Å²) in [6.07, 6.45) is 21.0. The zero-order valence-electron chi connectivity index (χ0n) is 18.0. The third kappa shape index (κ3) is 7.61. The normalized spacial score (nSPS) is 10.1. The van der Waals surface area contributed by atoms with Gasteiger partial charge in [-0.3, -0.25) is 9.97 Å². The van der Waals surface area contributed by atoms with Crippen molar-refractivity contribution < 1.29 is 43.1 Å². The van der Waals surface area contributed by atoms with Gasteiger partial charge in [0.15, 0.2) is 24.8 Å². The van der Waals surface area contributed by atoms with Gasteiger partial charge in [-0.15, -0.1) is 0 Å². The maximum absolute atomic E-state index is 4.08. The molecule has 0 amide bonds. The Morgan fingerprint density at radius 3 is 1.09 bits per heavy atom. The fraction of sp³-hybridized carbons (Fsp3) is 0.231. The van der Waals surface area contributed by atoms with Crippen LogP contribution in [0.5, 0.6) is 0 Å². The van der Waals surface area contributed by atoms with Gasteiger partial charge in [0, 0.05) is 61.9 Å². The molecular weight excluding hydrogens is 528 g/mol. The van der Waals surface area contributed by atoms with E-state index < -0.39 is 0 Å². The van der Waals surface area contributed by atoms with Crippen LogP contribution < -0.4 is 43.1 Å². The zero-order valence-corrected chi connectivity index (χ0v) is 21.2. The summed E-state index contributed by atoms with van der Waals surface area (Å²) in [5.74, 6) is 0. The standard InChI is InChI=1S/C26H28N4.2BrH/c1(3-17-29-19-9-25(10-20-29)23-5-13-27-14-6-23)2-4-18-30-21-11-26(12-22-30)24-7-15-28-16-8-24;;/h5-16,19-22H,1-4,17-18H2;2*1H/q+2;;/p-2. The van der Waals surface area contributed by atoms with Crippen molar-refractivity contribution in [2.45, 2.75) is 38.8 Å². The van der Waals surface area contributed by atoms with Gasteiger partial charge in [0.2, 0.25) is 0 Å². The van der Waals surface area contributed by atoms with Gasteiger partial charge in [-0.2, -0.15) is 0 Å². The lowest BCUT2D eigenvalue weighted by atomic mass is 10.1. The van der Waals surface area contributed by atoms with E-state index in [0.717, 1.165) is 13.1 Å². The average molecular weight is 556 g/mol. The summed E-state index contributed by atoms with van der Waals surface area (Å²) >= 11 is 0. The number of unbranched alkanes of at least 4 members (excludes halogenated alkanes) is 3. The molecule has 0 fully saturated rings. The highest BCUT2D eigenvalue weighted by Gasteiger charge is 2.05. The van der Waals surface area contributed by atoms with Crippen LogP contribution >= 0.6 is 0 Å². The van der Waals surface area contributed by atoms with E-state index in [1.807, 2.05) is 49.1 Å². The average Bonchev–Trinajstić information content (AvgIpc) is 2.83. The number of halogens is 2. The van der Waals surface area contributed by atoms with Crippen LogP contribution in [0.15, 0.2) is 98.1 Å². The lowest BCUT2D eigenvalue weighted by molar-refractivity contribution is -0.698. The van der Waals surface area contributed by atoms with Crippen molar-refractivity contribution >= 4 is 0 Å². The summed E-state index contributed by atoms with van der Waals surface area (Å²) in [5.41, 5.74) is 4.90. The van der Waals surface area contributed by atoms with Gasteiger partial charge >= 0.3 is 0 Å². The van der Waals surface area contributed by atoms with E-state index in [2.05, 4.69) is 68.2 Å². The van der Waals surface area contributed by atoms with Gasteiger partial charge in [-0.1, -0.05) is 0 Å². The van der Waals surface area contributed by atoms with Crippen molar-refractivity contribution in [2.24, 2.45) is 0 Å². The van der Waals surface area contributed by atoms with Gasteiger partial charge in [-0.05, 0) is 59.4 Å². The fourth-order valence-electron chi connectivity index (χ4n) is 3.63. The molecule has 4 aromatic rings. The fourth-order valence-corrected chi connectivity index (χ4v) is 3.63. The molecule has 6 heteroatoms. The molecule has 0 aliphatic heterocycles. The molecule has 4 heterocycles. The van der Waals surface area contributed by atoms with Gasteiger partial charge in [0.1, 0.15) is 13.1 Å². The van der Waals surface area contributed by atoms with Gasteiger partial charge < -0.3 is 34.0 Å². The Morgan fingerprint density at radius 2 is 0.750 bits per heavy atom. The summed E-state index contributed by atoms with van der Waals surface area (Å²) in [7, 11) is 0. The first-order chi connectivity index (χ1) is 14.9. The van der Waals surface area contributed by atoms with Gasteiger partial charge in [-0.25, -0.2) is 9.13 Å². The number of rotatable bonds is 9. The monoisotopic (exact) mass is 554 g/mol. The first kappa shape index (κ1) is 25.8. The van der Waals surface area contributed by atoms with Crippen LogP contribution in [0.25, 0.3) is 22.3 Å². The molecule has 0 saturated carbocycles. The number of hydrogen-bond donors (Lipinski definition) is 0. The van der Waals surface area contributed by atoms with Gasteiger partial charge in [0.25, 0.3) is 0 Å². The predicted octanol–water partition coefficient (Wildman–Crippen LogP) is -1.35. The first-order valence-corrected chi connectivity index (χ1v) is 10.7. The van der Waals surface area contributed by atoms with Crippen LogP contribution in [0.1, 0.15) is 25.7 Å². The summed E-state index contributed by atoms with van der Waals surface area (Å²) < 4.78 is 4.55. The molecule has 0 saturated heterocycles. The second-order valence-corrected chi connectivity index (χ2v) is 7.54. The van der Waals surface area contributed by atoms with Crippen LogP contribution in [-0.4, -0.2) is 9.97 Å². The zero-order chi connectivity index (χ0) is 20.4. The second-order valence-electron chi connectivity index (χ2n) is 7.54. The highest BCUT2D eigenvalue weighted by molar-refractivity contribution is 5.61. The van der Waals surface area contributed by atoms with Crippen LogP contribution in [0.3, 0.4) is 0 Å². The topological polar surface area (TPSA) is 33.5 Å². The predicted molar refractivity (Wildman–Crippen MR) is 118 cm³/mol. The molecule has 0 aliphatic rings. The largest absolute Gasteiger partial charge is 1.00 e. The number of hydrogen-bond acceptors (Lipinski definition) is 2. The third-order valence-electron chi connectivity index (χ3n) is 5.39. The number of aromatic nitrogens is 4. The van der Waals surface area contributed by atoms with Crippen molar-refractivity contribution in [1.29, 1.82) is 0 Å². The van der Waals surface area contributed by atoms with E-state index in [4.69, 9.17) is 0 Å². The summed E-state index contributed by atoms with van der Waals surface area (Å²) in [6, 6.07) is 16.9. The maximum atomic E-state index is 4.08. The molecule has 0 aliphatic carbocycles. The Hall–Kier alpha value is -2.44. The smallest absolute Gasteiger partial charge is 0.169 e.